The van der Waals surface area contributed by atoms with Gasteiger partial charge in [0.05, 0.1) is 5.75 Å². The van der Waals surface area contributed by atoms with Crippen LogP contribution in [0.5, 0.6) is 0 Å². The zero-order chi connectivity index (χ0) is 16.9. The van der Waals surface area contributed by atoms with Crippen LogP contribution in [0, 0.1) is 17.8 Å². The van der Waals surface area contributed by atoms with Gasteiger partial charge in [0.15, 0.2) is 0 Å². The van der Waals surface area contributed by atoms with Crippen LogP contribution in [0.1, 0.15) is 47.5 Å². The first-order chi connectivity index (χ1) is 10.2. The van der Waals surface area contributed by atoms with Crippen LogP contribution < -0.4 is 0 Å². The largest absolute Gasteiger partial charge is 0.342 e. The third-order valence-corrected chi connectivity index (χ3v) is 5.93. The summed E-state index contributed by atoms with van der Waals surface area (Å²) in [5.41, 5.74) is 0. The first-order valence-electron chi connectivity index (χ1n) is 8.44. The summed E-state index contributed by atoms with van der Waals surface area (Å²) in [6.07, 6.45) is 1.29. The minimum absolute atomic E-state index is 0.0270. The lowest BCUT2D eigenvalue weighted by Crippen LogP contribution is -2.46. The van der Waals surface area contributed by atoms with E-state index in [0.29, 0.717) is 37.8 Å². The van der Waals surface area contributed by atoms with Gasteiger partial charge in [-0.2, -0.15) is 0 Å². The Morgan fingerprint density at radius 1 is 1.09 bits per heavy atom. The van der Waals surface area contributed by atoms with Crippen molar-refractivity contribution in [3.8, 4) is 0 Å². The van der Waals surface area contributed by atoms with E-state index < -0.39 is 10.0 Å². The van der Waals surface area contributed by atoms with E-state index in [0.717, 1.165) is 13.1 Å². The average molecular weight is 333 g/mol. The summed E-state index contributed by atoms with van der Waals surface area (Å²) in [6.45, 7) is 12.7. The Kier molecular flexibility index (Phi) is 7.32. The van der Waals surface area contributed by atoms with E-state index in [9.17, 15) is 13.2 Å². The lowest BCUT2D eigenvalue weighted by atomic mass is 9.95. The summed E-state index contributed by atoms with van der Waals surface area (Å²) in [7, 11) is -3.12. The Labute approximate surface area is 136 Å². The molecule has 1 aliphatic heterocycles. The zero-order valence-corrected chi connectivity index (χ0v) is 15.5. The van der Waals surface area contributed by atoms with Crippen molar-refractivity contribution < 1.29 is 13.2 Å². The number of amides is 1. The molecule has 0 aromatic carbocycles. The van der Waals surface area contributed by atoms with Crippen LogP contribution in [0.25, 0.3) is 0 Å². The van der Waals surface area contributed by atoms with Crippen molar-refractivity contribution in [3.05, 3.63) is 0 Å². The van der Waals surface area contributed by atoms with Crippen molar-refractivity contribution in [1.29, 1.82) is 0 Å². The number of carbonyl (C=O) groups is 1. The Morgan fingerprint density at radius 3 is 1.91 bits per heavy atom. The predicted octanol–water partition coefficient (Wildman–Crippen LogP) is 2.19. The minimum Gasteiger partial charge on any atom is -0.342 e. The predicted molar refractivity (Wildman–Crippen MR) is 90.0 cm³/mol. The van der Waals surface area contributed by atoms with Crippen molar-refractivity contribution in [2.75, 3.05) is 31.9 Å². The molecule has 0 atom stereocenters. The van der Waals surface area contributed by atoms with E-state index >= 15 is 0 Å². The molecule has 0 bridgehead atoms. The molecule has 1 amide bonds. The van der Waals surface area contributed by atoms with E-state index in [2.05, 4.69) is 27.7 Å². The molecular formula is C16H32N2O3S. The molecule has 1 rings (SSSR count). The van der Waals surface area contributed by atoms with Crippen molar-refractivity contribution in [3.63, 3.8) is 0 Å². The van der Waals surface area contributed by atoms with Crippen molar-refractivity contribution in [1.82, 2.24) is 9.21 Å². The number of sulfonamides is 1. The van der Waals surface area contributed by atoms with Crippen molar-refractivity contribution >= 4 is 15.9 Å². The van der Waals surface area contributed by atoms with Crippen LogP contribution in [0.3, 0.4) is 0 Å². The molecule has 0 N–H and O–H groups in total. The molecule has 0 spiro atoms. The lowest BCUT2D eigenvalue weighted by Gasteiger charge is -2.34. The molecule has 1 heterocycles. The molecule has 22 heavy (non-hydrogen) atoms. The number of piperidine rings is 1. The van der Waals surface area contributed by atoms with Gasteiger partial charge in [0.25, 0.3) is 0 Å². The van der Waals surface area contributed by atoms with Crippen LogP contribution in [-0.4, -0.2) is 55.5 Å². The van der Waals surface area contributed by atoms with Crippen molar-refractivity contribution in [2.24, 2.45) is 17.8 Å². The average Bonchev–Trinajstić information content (AvgIpc) is 2.45. The fourth-order valence-corrected chi connectivity index (χ4v) is 4.09. The molecule has 0 unspecified atom stereocenters. The van der Waals surface area contributed by atoms with Gasteiger partial charge in [0, 0.05) is 32.1 Å². The molecular weight excluding hydrogens is 300 g/mol. The Hall–Kier alpha value is -0.620. The molecule has 0 radical (unpaired) electrons. The van der Waals surface area contributed by atoms with Crippen LogP contribution in [0.2, 0.25) is 0 Å². The highest BCUT2D eigenvalue weighted by molar-refractivity contribution is 7.89. The fraction of sp³-hybridized carbons (Fsp3) is 0.938. The summed E-state index contributed by atoms with van der Waals surface area (Å²) in [5, 5.41) is 0. The van der Waals surface area contributed by atoms with Gasteiger partial charge < -0.3 is 4.90 Å². The highest BCUT2D eigenvalue weighted by atomic mass is 32.2. The molecule has 0 aromatic heterocycles. The quantitative estimate of drug-likeness (QED) is 0.718. The van der Waals surface area contributed by atoms with Gasteiger partial charge in [0.2, 0.25) is 15.9 Å². The lowest BCUT2D eigenvalue weighted by molar-refractivity contribution is -0.137. The number of nitrogens with zero attached hydrogens (tertiary/aromatic N) is 2. The zero-order valence-electron chi connectivity index (χ0n) is 14.7. The molecule has 0 aromatic rings. The molecule has 6 heteroatoms. The Bertz CT molecular complexity index is 442. The second kappa shape index (κ2) is 8.29. The van der Waals surface area contributed by atoms with Gasteiger partial charge in [-0.1, -0.05) is 27.7 Å². The van der Waals surface area contributed by atoms with Gasteiger partial charge in [-0.05, 0) is 31.6 Å². The molecule has 5 nitrogen and oxygen atoms in total. The van der Waals surface area contributed by atoms with E-state index in [1.54, 1.807) is 6.92 Å². The topological polar surface area (TPSA) is 57.7 Å². The van der Waals surface area contributed by atoms with Crippen LogP contribution >= 0.6 is 0 Å². The summed E-state index contributed by atoms with van der Waals surface area (Å²) >= 11 is 0. The maximum absolute atomic E-state index is 12.8. The van der Waals surface area contributed by atoms with Crippen LogP contribution in [0.4, 0.5) is 0 Å². The molecule has 1 aliphatic rings. The minimum atomic E-state index is -3.12. The molecule has 1 saturated heterocycles. The molecule has 1 fully saturated rings. The SMILES string of the molecule is CCS(=O)(=O)N1CCC(C(=O)N(CC(C)C)CC(C)C)CC1. The normalized spacial score (nSPS) is 18.1. The number of hydrogen-bond acceptors (Lipinski definition) is 3. The summed E-state index contributed by atoms with van der Waals surface area (Å²) < 4.78 is 25.3. The Morgan fingerprint density at radius 2 is 1.55 bits per heavy atom. The van der Waals surface area contributed by atoms with E-state index in [1.165, 1.54) is 4.31 Å². The molecule has 0 saturated carbocycles. The smallest absolute Gasteiger partial charge is 0.225 e. The number of hydrogen-bond donors (Lipinski definition) is 0. The second-order valence-corrected chi connectivity index (χ2v) is 9.36. The summed E-state index contributed by atoms with van der Waals surface area (Å²) in [6, 6.07) is 0. The van der Waals surface area contributed by atoms with Gasteiger partial charge >= 0.3 is 0 Å². The Balaban J connectivity index is 2.65. The third kappa shape index (κ3) is 5.54. The first kappa shape index (κ1) is 19.4. The van der Waals surface area contributed by atoms with Gasteiger partial charge in [-0.15, -0.1) is 0 Å². The summed E-state index contributed by atoms with van der Waals surface area (Å²) in [4.78, 5) is 14.7. The van der Waals surface area contributed by atoms with Crippen molar-refractivity contribution in [2.45, 2.75) is 47.5 Å². The second-order valence-electron chi connectivity index (χ2n) is 7.10. The van der Waals surface area contributed by atoms with E-state index in [1.807, 2.05) is 4.90 Å². The first-order valence-corrected chi connectivity index (χ1v) is 10.0. The molecule has 0 aliphatic carbocycles. The van der Waals surface area contributed by atoms with Crippen LogP contribution in [0.15, 0.2) is 0 Å². The highest BCUT2D eigenvalue weighted by Crippen LogP contribution is 2.23. The van der Waals surface area contributed by atoms with E-state index in [4.69, 9.17) is 0 Å². The monoisotopic (exact) mass is 332 g/mol. The third-order valence-electron chi connectivity index (χ3n) is 4.04. The highest BCUT2D eigenvalue weighted by Gasteiger charge is 2.32. The van der Waals surface area contributed by atoms with E-state index in [-0.39, 0.29) is 17.6 Å². The fourth-order valence-electron chi connectivity index (χ4n) is 2.96. The summed E-state index contributed by atoms with van der Waals surface area (Å²) in [5.74, 6) is 1.21. The van der Waals surface area contributed by atoms with Gasteiger partial charge in [-0.25, -0.2) is 12.7 Å². The standard InChI is InChI=1S/C16H32N2O3S/c1-6-22(20,21)18-9-7-15(8-10-18)16(19)17(11-13(2)3)12-14(4)5/h13-15H,6-12H2,1-5H3. The van der Waals surface area contributed by atoms with Crippen LogP contribution in [-0.2, 0) is 14.8 Å². The molecule has 130 valence electrons. The van der Waals surface area contributed by atoms with Gasteiger partial charge in [-0.3, -0.25) is 4.79 Å². The van der Waals surface area contributed by atoms with Gasteiger partial charge in [0.1, 0.15) is 0 Å². The maximum Gasteiger partial charge on any atom is 0.225 e. The number of carbonyl (C=O) groups excluding carboxylic acids is 1. The number of rotatable bonds is 7. The maximum atomic E-state index is 12.8.